The first-order chi connectivity index (χ1) is 6.48. The van der Waals surface area contributed by atoms with Crippen molar-refractivity contribution < 1.29 is 18.3 Å². The van der Waals surface area contributed by atoms with Gasteiger partial charge in [-0.2, -0.15) is 13.2 Å². The normalized spacial score (nSPS) is 22.1. The Morgan fingerprint density at radius 2 is 2.14 bits per heavy atom. The molecule has 1 aromatic heterocycles. The molecule has 0 aliphatic heterocycles. The number of alkyl halides is 3. The minimum absolute atomic E-state index is 0.392. The van der Waals surface area contributed by atoms with Crippen molar-refractivity contribution >= 4 is 11.3 Å². The van der Waals surface area contributed by atoms with E-state index in [0.717, 1.165) is 0 Å². The van der Waals surface area contributed by atoms with E-state index in [-0.39, 0.29) is 0 Å². The van der Waals surface area contributed by atoms with E-state index >= 15 is 0 Å². The third-order valence-electron chi connectivity index (χ3n) is 2.16. The number of halogens is 3. The van der Waals surface area contributed by atoms with Gasteiger partial charge in [-0.15, -0.1) is 11.3 Å². The Labute approximate surface area is 82.4 Å². The summed E-state index contributed by atoms with van der Waals surface area (Å²) in [6.45, 7) is 0. The Morgan fingerprint density at radius 3 is 2.71 bits per heavy atom. The third kappa shape index (κ3) is 1.64. The number of aliphatic hydroxyl groups excluding tert-OH is 1. The molecule has 2 nitrogen and oxygen atoms in total. The van der Waals surface area contributed by atoms with Crippen LogP contribution in [-0.4, -0.2) is 10.1 Å². The lowest BCUT2D eigenvalue weighted by Crippen LogP contribution is -2.07. The average Bonchev–Trinajstić information content (AvgIpc) is 2.48. The molecule has 0 saturated heterocycles. The molecular formula is C8H8F3NOS. The highest BCUT2D eigenvalue weighted by atomic mass is 32.1. The van der Waals surface area contributed by atoms with Crippen LogP contribution in [0.15, 0.2) is 0 Å². The predicted octanol–water partition coefficient (Wildman–Crippen LogP) is 2.53. The molecule has 14 heavy (non-hydrogen) atoms. The van der Waals surface area contributed by atoms with Crippen LogP contribution in [0.1, 0.15) is 34.5 Å². The number of fused-ring (bicyclic) bond motifs is 1. The van der Waals surface area contributed by atoms with Gasteiger partial charge in [-0.3, -0.25) is 0 Å². The summed E-state index contributed by atoms with van der Waals surface area (Å²) in [5.74, 6) is 0. The first-order valence-corrected chi connectivity index (χ1v) is 5.05. The zero-order valence-electron chi connectivity index (χ0n) is 7.14. The predicted molar refractivity (Wildman–Crippen MR) is 45.0 cm³/mol. The molecule has 0 amide bonds. The summed E-state index contributed by atoms with van der Waals surface area (Å²) >= 11 is 0.564. The molecule has 1 N–H and O–H groups in total. The molecule has 1 aliphatic rings. The quantitative estimate of drug-likeness (QED) is 0.733. The highest BCUT2D eigenvalue weighted by molar-refractivity contribution is 7.12. The second-order valence-corrected chi connectivity index (χ2v) is 4.27. The molecule has 0 spiro atoms. The summed E-state index contributed by atoms with van der Waals surface area (Å²) in [6.07, 6.45) is -3.37. The molecule has 1 aromatic rings. The molecule has 1 aliphatic carbocycles. The average molecular weight is 223 g/mol. The highest BCUT2D eigenvalue weighted by Gasteiger charge is 2.37. The van der Waals surface area contributed by atoms with Crippen LogP contribution in [0.2, 0.25) is 0 Å². The number of aliphatic hydroxyl groups is 1. The van der Waals surface area contributed by atoms with Crippen molar-refractivity contribution in [1.82, 2.24) is 4.98 Å². The summed E-state index contributed by atoms with van der Waals surface area (Å²) in [5.41, 5.74) is 0.418. The van der Waals surface area contributed by atoms with E-state index in [1.807, 2.05) is 0 Å². The minimum Gasteiger partial charge on any atom is -0.388 e. The van der Waals surface area contributed by atoms with E-state index < -0.39 is 17.3 Å². The van der Waals surface area contributed by atoms with Crippen molar-refractivity contribution in [3.05, 3.63) is 15.6 Å². The van der Waals surface area contributed by atoms with E-state index in [9.17, 15) is 18.3 Å². The molecule has 0 saturated carbocycles. The second kappa shape index (κ2) is 3.20. The number of nitrogens with zero attached hydrogens (tertiary/aromatic N) is 1. The van der Waals surface area contributed by atoms with Crippen LogP contribution < -0.4 is 0 Å². The summed E-state index contributed by atoms with van der Waals surface area (Å²) in [5, 5.41) is 8.60. The van der Waals surface area contributed by atoms with Crippen LogP contribution in [0.4, 0.5) is 13.2 Å². The van der Waals surface area contributed by atoms with Crippen molar-refractivity contribution in [1.29, 1.82) is 0 Å². The maximum absolute atomic E-state index is 12.3. The molecule has 2 rings (SSSR count). The fraction of sp³-hybridized carbons (Fsp3) is 0.625. The van der Waals surface area contributed by atoms with Gasteiger partial charge in [0.1, 0.15) is 0 Å². The van der Waals surface area contributed by atoms with Crippen LogP contribution in [0, 0.1) is 0 Å². The number of aromatic nitrogens is 1. The molecule has 1 unspecified atom stereocenters. The maximum atomic E-state index is 12.3. The number of thiazole rings is 1. The van der Waals surface area contributed by atoms with Crippen molar-refractivity contribution in [3.8, 4) is 0 Å². The van der Waals surface area contributed by atoms with Crippen LogP contribution >= 0.6 is 11.3 Å². The van der Waals surface area contributed by atoms with E-state index in [2.05, 4.69) is 4.98 Å². The standard InChI is InChI=1S/C8H8F3NOS/c9-8(10,11)7-12-4-2-1-3-5(13)6(4)14-7/h5,13H,1-3H2. The smallest absolute Gasteiger partial charge is 0.388 e. The molecule has 6 heteroatoms. The van der Waals surface area contributed by atoms with Gasteiger partial charge in [0, 0.05) is 0 Å². The van der Waals surface area contributed by atoms with Crippen molar-refractivity contribution in [2.45, 2.75) is 31.5 Å². The molecule has 78 valence electrons. The van der Waals surface area contributed by atoms with Gasteiger partial charge in [0.15, 0.2) is 5.01 Å². The highest BCUT2D eigenvalue weighted by Crippen LogP contribution is 2.40. The third-order valence-corrected chi connectivity index (χ3v) is 3.41. The molecule has 0 fully saturated rings. The lowest BCUT2D eigenvalue weighted by molar-refractivity contribution is -0.137. The second-order valence-electron chi connectivity index (χ2n) is 3.24. The van der Waals surface area contributed by atoms with Crippen molar-refractivity contribution in [2.75, 3.05) is 0 Å². The molecule has 0 aromatic carbocycles. The SMILES string of the molecule is OC1CCCc2nc(C(F)(F)F)sc21. The van der Waals surface area contributed by atoms with Crippen LogP contribution in [0.3, 0.4) is 0 Å². The fourth-order valence-electron chi connectivity index (χ4n) is 1.52. The van der Waals surface area contributed by atoms with Gasteiger partial charge in [-0.05, 0) is 19.3 Å². The lowest BCUT2D eigenvalue weighted by atomic mass is 10.0. The van der Waals surface area contributed by atoms with E-state index in [4.69, 9.17) is 0 Å². The van der Waals surface area contributed by atoms with E-state index in [1.165, 1.54) is 0 Å². The Morgan fingerprint density at radius 1 is 1.43 bits per heavy atom. The Hall–Kier alpha value is -0.620. The number of aryl methyl sites for hydroxylation is 1. The largest absolute Gasteiger partial charge is 0.443 e. The van der Waals surface area contributed by atoms with Gasteiger partial charge in [-0.25, -0.2) is 4.98 Å². The van der Waals surface area contributed by atoms with Crippen LogP contribution in [-0.2, 0) is 12.6 Å². The van der Waals surface area contributed by atoms with Crippen molar-refractivity contribution in [3.63, 3.8) is 0 Å². The van der Waals surface area contributed by atoms with Gasteiger partial charge in [0.2, 0.25) is 0 Å². The molecule has 1 heterocycles. The van der Waals surface area contributed by atoms with Crippen molar-refractivity contribution in [2.24, 2.45) is 0 Å². The topological polar surface area (TPSA) is 33.1 Å². The number of hydrogen-bond donors (Lipinski definition) is 1. The Kier molecular flexibility index (Phi) is 2.27. The van der Waals surface area contributed by atoms with Gasteiger partial charge in [0.25, 0.3) is 0 Å². The van der Waals surface area contributed by atoms with Crippen LogP contribution in [0.25, 0.3) is 0 Å². The van der Waals surface area contributed by atoms with Gasteiger partial charge >= 0.3 is 6.18 Å². The lowest BCUT2D eigenvalue weighted by Gasteiger charge is -2.14. The van der Waals surface area contributed by atoms with Crippen LogP contribution in [0.5, 0.6) is 0 Å². The maximum Gasteiger partial charge on any atom is 0.443 e. The summed E-state index contributed by atoms with van der Waals surface area (Å²) in [7, 11) is 0. The Balaban J connectivity index is 2.40. The van der Waals surface area contributed by atoms with Gasteiger partial charge in [-0.1, -0.05) is 0 Å². The van der Waals surface area contributed by atoms with E-state index in [1.54, 1.807) is 0 Å². The molecule has 0 radical (unpaired) electrons. The van der Waals surface area contributed by atoms with E-state index in [0.29, 0.717) is 41.2 Å². The summed E-state index contributed by atoms with van der Waals surface area (Å²) < 4.78 is 36.8. The molecule has 1 atom stereocenters. The first kappa shape index (κ1) is 9.92. The minimum atomic E-state index is -4.39. The summed E-state index contributed by atoms with van der Waals surface area (Å²) in [4.78, 5) is 3.90. The Bertz CT molecular complexity index is 347. The molecular weight excluding hydrogens is 215 g/mol. The zero-order valence-corrected chi connectivity index (χ0v) is 7.95. The zero-order chi connectivity index (χ0) is 10.3. The number of rotatable bonds is 0. The summed E-state index contributed by atoms with van der Waals surface area (Å²) in [6, 6.07) is 0. The van der Waals surface area contributed by atoms with Gasteiger partial charge < -0.3 is 5.11 Å². The van der Waals surface area contributed by atoms with Gasteiger partial charge in [0.05, 0.1) is 16.7 Å². The monoisotopic (exact) mass is 223 g/mol. The first-order valence-electron chi connectivity index (χ1n) is 4.23. The fourth-order valence-corrected chi connectivity index (χ4v) is 2.52. The molecule has 0 bridgehead atoms. The number of hydrogen-bond acceptors (Lipinski definition) is 3.